The van der Waals surface area contributed by atoms with E-state index < -0.39 is 17.9 Å². The molecule has 0 amide bonds. The zero-order valence-corrected chi connectivity index (χ0v) is 10.9. The van der Waals surface area contributed by atoms with Gasteiger partial charge in [-0.3, -0.25) is 4.79 Å². The van der Waals surface area contributed by atoms with Gasteiger partial charge in [-0.1, -0.05) is 45.4 Å². The molecule has 0 aromatic rings. The average molecular weight is 247 g/mol. The van der Waals surface area contributed by atoms with Crippen LogP contribution in [0.5, 0.6) is 0 Å². The fourth-order valence-corrected chi connectivity index (χ4v) is 1.52. The number of carboxylic acid groups (broad SMARTS) is 1. The van der Waals surface area contributed by atoms with Crippen molar-refractivity contribution >= 4 is 11.8 Å². The zero-order chi connectivity index (χ0) is 12.4. The summed E-state index contributed by atoms with van der Waals surface area (Å²) < 4.78 is 0. The second-order valence-corrected chi connectivity index (χ2v) is 4.06. The molecule has 0 rings (SSSR count). The first-order chi connectivity index (χ1) is 7.59. The van der Waals surface area contributed by atoms with E-state index in [4.69, 9.17) is 5.11 Å². The van der Waals surface area contributed by atoms with Gasteiger partial charge >= 0.3 is 0 Å². The lowest BCUT2D eigenvalue weighted by Gasteiger charge is -2.09. The molecule has 0 spiro atoms. The van der Waals surface area contributed by atoms with E-state index in [0.29, 0.717) is 6.42 Å². The molecular formula is C12H25NO4. The van der Waals surface area contributed by atoms with Gasteiger partial charge in [0.05, 0.1) is 5.97 Å². The number of unbranched alkanes of at least 4 members (excludes halogenated alkanes) is 6. The minimum Gasteiger partial charge on any atom is -0.547 e. The molecule has 0 saturated heterocycles. The monoisotopic (exact) mass is 247 g/mol. The first kappa shape index (κ1) is 18.4. The van der Waals surface area contributed by atoms with Crippen LogP contribution in [0.3, 0.4) is 0 Å². The molecular weight excluding hydrogens is 222 g/mol. The van der Waals surface area contributed by atoms with Gasteiger partial charge in [0.25, 0.3) is 0 Å². The van der Waals surface area contributed by atoms with Crippen molar-refractivity contribution in [2.45, 2.75) is 64.4 Å². The Morgan fingerprint density at radius 1 is 1.06 bits per heavy atom. The molecule has 17 heavy (non-hydrogen) atoms. The summed E-state index contributed by atoms with van der Waals surface area (Å²) in [6.07, 6.45) is 5.62. The number of carboxylic acids is 1. The van der Waals surface area contributed by atoms with Crippen LogP contribution < -0.4 is 11.3 Å². The standard InChI is InChI=1S/C12H22O4.H3N/c1-2-3-4-5-6-7-8-9-10(13)11(14)12(15)16;/h11,14H,2-9H2,1H3,(H,15,16);1H3. The maximum absolute atomic E-state index is 11.0. The Bertz CT molecular complexity index is 219. The number of aliphatic hydroxyl groups excluding tert-OH is 1. The number of hydrogen-bond donors (Lipinski definition) is 2. The van der Waals surface area contributed by atoms with Crippen LogP contribution in [0.15, 0.2) is 0 Å². The van der Waals surface area contributed by atoms with E-state index in [9.17, 15) is 14.7 Å². The van der Waals surface area contributed by atoms with Gasteiger partial charge in [-0.25, -0.2) is 0 Å². The van der Waals surface area contributed by atoms with Crippen molar-refractivity contribution in [1.82, 2.24) is 6.15 Å². The van der Waals surface area contributed by atoms with Crippen molar-refractivity contribution < 1.29 is 19.8 Å². The van der Waals surface area contributed by atoms with Crippen molar-refractivity contribution in [2.24, 2.45) is 0 Å². The molecule has 5 nitrogen and oxygen atoms in total. The molecule has 0 heterocycles. The lowest BCUT2D eigenvalue weighted by atomic mass is 10.0. The number of aliphatic hydroxyl groups is 1. The van der Waals surface area contributed by atoms with E-state index in [1.807, 2.05) is 0 Å². The van der Waals surface area contributed by atoms with Gasteiger partial charge in [-0.15, -0.1) is 0 Å². The minimum atomic E-state index is -1.94. The van der Waals surface area contributed by atoms with E-state index in [2.05, 4.69) is 6.92 Å². The highest BCUT2D eigenvalue weighted by Gasteiger charge is 2.14. The first-order valence-corrected chi connectivity index (χ1v) is 6.01. The van der Waals surface area contributed by atoms with Crippen LogP contribution >= 0.6 is 0 Å². The van der Waals surface area contributed by atoms with Crippen LogP contribution in [0.25, 0.3) is 0 Å². The third-order valence-corrected chi connectivity index (χ3v) is 2.55. The normalized spacial score (nSPS) is 11.6. The third-order valence-electron chi connectivity index (χ3n) is 2.55. The van der Waals surface area contributed by atoms with E-state index >= 15 is 0 Å². The topological polar surface area (TPSA) is 114 Å². The SMILES string of the molecule is CCCCCCCCCC(=O)C(O)C(=O)[O-].[NH4+]. The highest BCUT2D eigenvalue weighted by Crippen LogP contribution is 2.09. The molecule has 1 unspecified atom stereocenters. The lowest BCUT2D eigenvalue weighted by molar-refractivity contribution is -0.312. The molecule has 102 valence electrons. The highest BCUT2D eigenvalue weighted by molar-refractivity contribution is 5.99. The minimum absolute atomic E-state index is 0. The molecule has 0 aromatic carbocycles. The molecule has 0 bridgehead atoms. The quantitative estimate of drug-likeness (QED) is 0.445. The van der Waals surface area contributed by atoms with Crippen molar-refractivity contribution in [2.75, 3.05) is 0 Å². The maximum atomic E-state index is 11.0. The Balaban J connectivity index is 0. The number of carbonyl (C=O) groups is 2. The van der Waals surface area contributed by atoms with Crippen molar-refractivity contribution in [3.63, 3.8) is 0 Å². The van der Waals surface area contributed by atoms with Gasteiger partial charge in [0, 0.05) is 6.42 Å². The molecule has 0 radical (unpaired) electrons. The van der Waals surface area contributed by atoms with Gasteiger partial charge in [0.15, 0.2) is 11.9 Å². The summed E-state index contributed by atoms with van der Waals surface area (Å²) in [6.45, 7) is 2.15. The number of aliphatic carboxylic acids is 1. The molecule has 5 heteroatoms. The fraction of sp³-hybridized carbons (Fsp3) is 0.833. The van der Waals surface area contributed by atoms with Gasteiger partial charge < -0.3 is 21.2 Å². The van der Waals surface area contributed by atoms with Crippen molar-refractivity contribution in [3.8, 4) is 0 Å². The van der Waals surface area contributed by atoms with Crippen molar-refractivity contribution in [1.29, 1.82) is 0 Å². The largest absolute Gasteiger partial charge is 0.547 e. The van der Waals surface area contributed by atoms with Gasteiger partial charge in [0.2, 0.25) is 0 Å². The number of carbonyl (C=O) groups excluding carboxylic acids is 2. The summed E-state index contributed by atoms with van der Waals surface area (Å²) in [5, 5.41) is 19.0. The van der Waals surface area contributed by atoms with Crippen LogP contribution in [0.4, 0.5) is 0 Å². The second kappa shape index (κ2) is 11.5. The Hall–Kier alpha value is -0.940. The summed E-state index contributed by atoms with van der Waals surface area (Å²) in [4.78, 5) is 21.2. The summed E-state index contributed by atoms with van der Waals surface area (Å²) >= 11 is 0. The second-order valence-electron chi connectivity index (χ2n) is 4.06. The number of Topliss-reactive ketones (excluding diaryl/α,β-unsaturated/α-hetero) is 1. The molecule has 0 aliphatic heterocycles. The summed E-state index contributed by atoms with van der Waals surface area (Å²) in [5.41, 5.74) is 0. The highest BCUT2D eigenvalue weighted by atomic mass is 16.4. The van der Waals surface area contributed by atoms with Crippen LogP contribution in [0, 0.1) is 0 Å². The van der Waals surface area contributed by atoms with Crippen LogP contribution in [-0.4, -0.2) is 23.0 Å². The molecule has 0 fully saturated rings. The van der Waals surface area contributed by atoms with Crippen molar-refractivity contribution in [3.05, 3.63) is 0 Å². The molecule has 0 aliphatic carbocycles. The Kier molecular flexibility index (Phi) is 12.5. The first-order valence-electron chi connectivity index (χ1n) is 6.01. The number of quaternary nitrogens is 1. The maximum Gasteiger partial charge on any atom is 0.167 e. The summed E-state index contributed by atoms with van der Waals surface area (Å²) in [5.74, 6) is -2.35. The van der Waals surface area contributed by atoms with E-state index in [-0.39, 0.29) is 12.6 Å². The fourth-order valence-electron chi connectivity index (χ4n) is 1.52. The Morgan fingerprint density at radius 3 is 2.00 bits per heavy atom. The molecule has 5 N–H and O–H groups in total. The van der Waals surface area contributed by atoms with Crippen LogP contribution in [-0.2, 0) is 9.59 Å². The van der Waals surface area contributed by atoms with Gasteiger partial charge in [-0.2, -0.15) is 0 Å². The zero-order valence-electron chi connectivity index (χ0n) is 10.9. The molecule has 0 saturated carbocycles. The Labute approximate surface area is 103 Å². The predicted octanol–water partition coefficient (Wildman–Crippen LogP) is 1.18. The molecule has 0 aliphatic rings. The molecule has 0 aromatic heterocycles. The van der Waals surface area contributed by atoms with Gasteiger partial charge in [-0.05, 0) is 6.42 Å². The van der Waals surface area contributed by atoms with Crippen LogP contribution in [0.1, 0.15) is 58.3 Å². The lowest BCUT2D eigenvalue weighted by Crippen LogP contribution is -2.40. The van der Waals surface area contributed by atoms with E-state index in [1.54, 1.807) is 0 Å². The van der Waals surface area contributed by atoms with Gasteiger partial charge in [0.1, 0.15) is 0 Å². The van der Waals surface area contributed by atoms with E-state index in [0.717, 1.165) is 19.3 Å². The number of ketones is 1. The smallest absolute Gasteiger partial charge is 0.167 e. The third kappa shape index (κ3) is 9.96. The van der Waals surface area contributed by atoms with Crippen LogP contribution in [0.2, 0.25) is 0 Å². The number of rotatable bonds is 10. The predicted molar refractivity (Wildman–Crippen MR) is 64.6 cm³/mol. The number of hydrogen-bond acceptors (Lipinski definition) is 4. The Morgan fingerprint density at radius 2 is 1.53 bits per heavy atom. The van der Waals surface area contributed by atoms with E-state index in [1.165, 1.54) is 19.3 Å². The molecule has 1 atom stereocenters. The summed E-state index contributed by atoms with van der Waals surface area (Å²) in [6, 6.07) is 0. The average Bonchev–Trinajstić information content (AvgIpc) is 2.26. The summed E-state index contributed by atoms with van der Waals surface area (Å²) in [7, 11) is 0.